The van der Waals surface area contributed by atoms with Crippen molar-refractivity contribution in [2.75, 3.05) is 24.6 Å². The summed E-state index contributed by atoms with van der Waals surface area (Å²) >= 11 is 0. The van der Waals surface area contributed by atoms with Gasteiger partial charge in [-0.1, -0.05) is 6.92 Å². The fraction of sp³-hybridized carbons (Fsp3) is 0.684. The number of fused-ring (bicyclic) bond motifs is 1. The maximum atomic E-state index is 12.3. The van der Waals surface area contributed by atoms with Crippen molar-refractivity contribution in [2.45, 2.75) is 58.3 Å². The molecule has 1 saturated heterocycles. The van der Waals surface area contributed by atoms with Gasteiger partial charge in [-0.15, -0.1) is 0 Å². The summed E-state index contributed by atoms with van der Waals surface area (Å²) in [6, 6.07) is -0.688. The Balaban J connectivity index is 1.93. The molecule has 0 saturated carbocycles. The molecule has 2 aliphatic heterocycles. The zero-order chi connectivity index (χ0) is 21.6. The Kier molecular flexibility index (Phi) is 5.33. The third-order valence-electron chi connectivity index (χ3n) is 5.49. The molecule has 160 valence electrons. The lowest BCUT2D eigenvalue weighted by molar-refractivity contribution is -0.384. The van der Waals surface area contributed by atoms with Gasteiger partial charge in [0.25, 0.3) is 0 Å². The summed E-state index contributed by atoms with van der Waals surface area (Å²) in [6.07, 6.45) is 1.08. The number of amides is 1. The Morgan fingerprint density at radius 2 is 2.17 bits per heavy atom. The lowest BCUT2D eigenvalue weighted by Gasteiger charge is -2.47. The first-order valence-electron chi connectivity index (χ1n) is 9.66. The highest BCUT2D eigenvalue weighted by Crippen LogP contribution is 2.42. The number of nitrogens with zero attached hydrogens (tertiary/aromatic N) is 3. The van der Waals surface area contributed by atoms with Crippen LogP contribution in [0.15, 0.2) is 6.20 Å². The number of hydrogen-bond acceptors (Lipinski definition) is 8. The number of nitrogens with one attached hydrogen (secondary N) is 1. The van der Waals surface area contributed by atoms with Crippen molar-refractivity contribution < 1.29 is 24.3 Å². The highest BCUT2D eigenvalue weighted by Gasteiger charge is 2.46. The van der Waals surface area contributed by atoms with Crippen molar-refractivity contribution in [2.24, 2.45) is 5.92 Å². The molecule has 0 unspecified atom stereocenters. The van der Waals surface area contributed by atoms with Crippen LogP contribution < -0.4 is 15.0 Å². The first-order valence-corrected chi connectivity index (χ1v) is 9.66. The number of carbonyl (C=O) groups is 1. The first-order chi connectivity index (χ1) is 13.4. The maximum Gasteiger partial charge on any atom is 0.408 e. The molecule has 3 atom stereocenters. The van der Waals surface area contributed by atoms with Crippen molar-refractivity contribution in [1.82, 2.24) is 10.3 Å². The van der Waals surface area contributed by atoms with E-state index in [0.717, 1.165) is 0 Å². The topological polar surface area (TPSA) is 127 Å². The number of hydrogen-bond donors (Lipinski definition) is 2. The summed E-state index contributed by atoms with van der Waals surface area (Å²) in [4.78, 5) is 29.4. The van der Waals surface area contributed by atoms with Crippen molar-refractivity contribution in [3.05, 3.63) is 21.9 Å². The van der Waals surface area contributed by atoms with Crippen LogP contribution in [0.3, 0.4) is 0 Å². The summed E-state index contributed by atoms with van der Waals surface area (Å²) in [5.74, 6) is 0.120. The Labute approximate surface area is 169 Å². The number of aromatic nitrogens is 1. The van der Waals surface area contributed by atoms with Gasteiger partial charge in [-0.2, -0.15) is 0 Å². The summed E-state index contributed by atoms with van der Waals surface area (Å²) in [5.41, 5.74) is -0.883. The lowest BCUT2D eigenvalue weighted by atomic mass is 9.79. The van der Waals surface area contributed by atoms with Gasteiger partial charge in [0.1, 0.15) is 17.5 Å². The molecule has 2 N–H and O–H groups in total. The van der Waals surface area contributed by atoms with Gasteiger partial charge in [-0.05, 0) is 27.7 Å². The van der Waals surface area contributed by atoms with Crippen LogP contribution in [0.1, 0.15) is 40.2 Å². The second-order valence-electron chi connectivity index (χ2n) is 8.86. The first kappa shape index (κ1) is 21.1. The molecule has 2 aliphatic rings. The third kappa shape index (κ3) is 4.21. The number of rotatable bonds is 3. The smallest absolute Gasteiger partial charge is 0.408 e. The number of piperidine rings is 1. The number of alkyl carbamates (subject to hydrolysis) is 1. The average molecular weight is 408 g/mol. The zero-order valence-corrected chi connectivity index (χ0v) is 17.4. The molecule has 1 aromatic heterocycles. The average Bonchev–Trinajstić information content (AvgIpc) is 3.05. The summed E-state index contributed by atoms with van der Waals surface area (Å²) in [7, 11) is 0. The molecule has 0 aliphatic carbocycles. The van der Waals surface area contributed by atoms with E-state index < -0.39 is 28.3 Å². The monoisotopic (exact) mass is 408 g/mol. The lowest BCUT2D eigenvalue weighted by Crippen LogP contribution is -2.65. The molecule has 10 heteroatoms. The zero-order valence-electron chi connectivity index (χ0n) is 17.4. The molecular weight excluding hydrogens is 380 g/mol. The van der Waals surface area contributed by atoms with Crippen LogP contribution in [-0.4, -0.2) is 58.0 Å². The second-order valence-corrected chi connectivity index (χ2v) is 8.86. The van der Waals surface area contributed by atoms with E-state index in [4.69, 9.17) is 9.47 Å². The van der Waals surface area contributed by atoms with E-state index in [1.807, 2.05) is 11.8 Å². The predicted octanol–water partition coefficient (Wildman–Crippen LogP) is 2.03. The van der Waals surface area contributed by atoms with Crippen molar-refractivity contribution in [1.29, 1.82) is 0 Å². The van der Waals surface area contributed by atoms with E-state index in [-0.39, 0.29) is 18.2 Å². The highest BCUT2D eigenvalue weighted by atomic mass is 16.6. The number of carbonyl (C=O) groups excluding carboxylic acids is 1. The van der Waals surface area contributed by atoms with Crippen LogP contribution in [0.4, 0.5) is 16.2 Å². The van der Waals surface area contributed by atoms with Crippen LogP contribution in [-0.2, 0) is 11.2 Å². The van der Waals surface area contributed by atoms with Crippen LogP contribution in [0.5, 0.6) is 5.88 Å². The Morgan fingerprint density at radius 3 is 2.79 bits per heavy atom. The molecule has 1 aromatic rings. The normalized spacial score (nSPS) is 26.5. The number of aliphatic hydroxyl groups is 1. The van der Waals surface area contributed by atoms with Gasteiger partial charge in [-0.3, -0.25) is 10.1 Å². The minimum absolute atomic E-state index is 0.112. The maximum absolute atomic E-state index is 12.3. The molecule has 1 amide bonds. The molecule has 10 nitrogen and oxygen atoms in total. The van der Waals surface area contributed by atoms with Gasteiger partial charge < -0.3 is 24.8 Å². The van der Waals surface area contributed by atoms with Crippen LogP contribution in [0.25, 0.3) is 0 Å². The summed E-state index contributed by atoms with van der Waals surface area (Å²) in [5, 5.41) is 25.4. The number of anilines is 1. The van der Waals surface area contributed by atoms with Crippen molar-refractivity contribution in [3.63, 3.8) is 0 Å². The van der Waals surface area contributed by atoms with E-state index in [9.17, 15) is 20.0 Å². The molecule has 0 spiro atoms. The van der Waals surface area contributed by atoms with E-state index in [2.05, 4.69) is 10.3 Å². The highest BCUT2D eigenvalue weighted by molar-refractivity contribution is 5.72. The van der Waals surface area contributed by atoms with Gasteiger partial charge in [0, 0.05) is 31.0 Å². The Morgan fingerprint density at radius 1 is 1.48 bits per heavy atom. The van der Waals surface area contributed by atoms with Crippen LogP contribution >= 0.6 is 0 Å². The SMILES string of the molecule is C[C@H]1CN(c2c([N+](=O)[O-])cnc3c2CCO3)C[C@@H](NC(=O)OC(C)(C)C)[C@@]1(C)O. The fourth-order valence-corrected chi connectivity index (χ4v) is 3.76. The Bertz CT molecular complexity index is 820. The van der Waals surface area contributed by atoms with Crippen molar-refractivity contribution in [3.8, 4) is 5.88 Å². The van der Waals surface area contributed by atoms with Crippen LogP contribution in [0, 0.1) is 16.0 Å². The number of nitro groups is 1. The molecule has 3 heterocycles. The Hall–Kier alpha value is -2.62. The molecule has 0 aromatic carbocycles. The third-order valence-corrected chi connectivity index (χ3v) is 5.49. The van der Waals surface area contributed by atoms with Crippen molar-refractivity contribution >= 4 is 17.5 Å². The minimum atomic E-state index is -1.21. The van der Waals surface area contributed by atoms with Gasteiger partial charge in [0.2, 0.25) is 5.88 Å². The molecule has 3 rings (SSSR count). The largest absolute Gasteiger partial charge is 0.477 e. The minimum Gasteiger partial charge on any atom is -0.477 e. The van der Waals surface area contributed by atoms with Gasteiger partial charge in [-0.25, -0.2) is 9.78 Å². The standard InChI is InChI=1S/C19H28N4O6/c1-11-9-22(10-14(19(11,5)25)21-17(24)29-18(2,3)4)15-12-6-7-28-16(12)20-8-13(15)23(26)27/h8,11,14,25H,6-7,9-10H2,1-5H3,(H,21,24)/t11-,14+,19-/m0/s1. The van der Waals surface area contributed by atoms with E-state index in [1.54, 1.807) is 27.7 Å². The van der Waals surface area contributed by atoms with Gasteiger partial charge in [0.05, 0.1) is 23.2 Å². The second kappa shape index (κ2) is 7.33. The molecule has 0 bridgehead atoms. The van der Waals surface area contributed by atoms with E-state index in [1.165, 1.54) is 6.20 Å². The molecular formula is C19H28N4O6. The number of pyridine rings is 1. The quantitative estimate of drug-likeness (QED) is 0.574. The molecule has 0 radical (unpaired) electrons. The van der Waals surface area contributed by atoms with Gasteiger partial charge >= 0.3 is 11.8 Å². The van der Waals surface area contributed by atoms with Crippen LogP contribution in [0.2, 0.25) is 0 Å². The predicted molar refractivity (Wildman–Crippen MR) is 105 cm³/mol. The molecule has 1 fully saturated rings. The van der Waals surface area contributed by atoms with Gasteiger partial charge in [0.15, 0.2) is 0 Å². The fourth-order valence-electron chi connectivity index (χ4n) is 3.76. The number of ether oxygens (including phenoxy) is 2. The summed E-state index contributed by atoms with van der Waals surface area (Å²) < 4.78 is 10.8. The molecule has 29 heavy (non-hydrogen) atoms. The summed E-state index contributed by atoms with van der Waals surface area (Å²) in [6.45, 7) is 9.76. The van der Waals surface area contributed by atoms with E-state index in [0.29, 0.717) is 36.7 Å². The van der Waals surface area contributed by atoms with E-state index >= 15 is 0 Å².